The van der Waals surface area contributed by atoms with Gasteiger partial charge in [0.2, 0.25) is 11.0 Å². The van der Waals surface area contributed by atoms with E-state index in [1.54, 1.807) is 7.05 Å². The summed E-state index contributed by atoms with van der Waals surface area (Å²) in [5, 5.41) is 14.5. The van der Waals surface area contributed by atoms with Gasteiger partial charge in [0.1, 0.15) is 0 Å². The van der Waals surface area contributed by atoms with E-state index in [4.69, 9.17) is 0 Å². The van der Waals surface area contributed by atoms with Crippen LogP contribution in [0.25, 0.3) is 0 Å². The zero-order valence-corrected chi connectivity index (χ0v) is 15.0. The van der Waals surface area contributed by atoms with Crippen molar-refractivity contribution in [3.8, 4) is 0 Å². The van der Waals surface area contributed by atoms with Crippen molar-refractivity contribution >= 4 is 39.8 Å². The maximum atomic E-state index is 12.4. The Kier molecular flexibility index (Phi) is 5.42. The number of aryl methyl sites for hydroxylation is 3. The van der Waals surface area contributed by atoms with Crippen molar-refractivity contribution in [2.45, 2.75) is 37.3 Å². The molecule has 0 unspecified atom stereocenters. The Morgan fingerprint density at radius 3 is 2.41 bits per heavy atom. The minimum Gasteiger partial charge on any atom is -0.363 e. The third-order valence-electron chi connectivity index (χ3n) is 3.19. The van der Waals surface area contributed by atoms with Crippen molar-refractivity contribution in [3.05, 3.63) is 28.8 Å². The molecular formula is C15H20N4OS2. The maximum absolute atomic E-state index is 12.4. The Labute approximate surface area is 138 Å². The molecule has 1 aromatic heterocycles. The van der Waals surface area contributed by atoms with Gasteiger partial charge in [-0.05, 0) is 38.8 Å². The molecule has 0 fully saturated rings. The fourth-order valence-electron chi connectivity index (χ4n) is 2.17. The first-order valence-corrected chi connectivity index (χ1v) is 8.67. The summed E-state index contributed by atoms with van der Waals surface area (Å²) in [5.41, 5.74) is 4.26. The summed E-state index contributed by atoms with van der Waals surface area (Å²) in [6, 6.07) is 4.15. The minimum absolute atomic E-state index is 0.0266. The first-order valence-electron chi connectivity index (χ1n) is 6.97. The van der Waals surface area contributed by atoms with E-state index < -0.39 is 0 Å². The van der Waals surface area contributed by atoms with Gasteiger partial charge in [-0.25, -0.2) is 0 Å². The highest BCUT2D eigenvalue weighted by molar-refractivity contribution is 8.02. The number of aromatic nitrogens is 2. The number of hydrogen-bond donors (Lipinski definition) is 2. The lowest BCUT2D eigenvalue weighted by Crippen LogP contribution is -2.23. The Morgan fingerprint density at radius 2 is 1.86 bits per heavy atom. The van der Waals surface area contributed by atoms with Gasteiger partial charge in [-0.1, -0.05) is 40.8 Å². The fourth-order valence-corrected chi connectivity index (χ4v) is 4.01. The number of hydrogen-bond acceptors (Lipinski definition) is 6. The van der Waals surface area contributed by atoms with Gasteiger partial charge in [-0.3, -0.25) is 4.79 Å². The van der Waals surface area contributed by atoms with Crippen molar-refractivity contribution in [1.29, 1.82) is 0 Å². The summed E-state index contributed by atoms with van der Waals surface area (Å²) in [5.74, 6) is -0.0266. The first kappa shape index (κ1) is 16.8. The molecule has 1 atom stereocenters. The summed E-state index contributed by atoms with van der Waals surface area (Å²) >= 11 is 2.86. The van der Waals surface area contributed by atoms with Crippen LogP contribution in [0.2, 0.25) is 0 Å². The van der Waals surface area contributed by atoms with E-state index in [-0.39, 0.29) is 11.2 Å². The van der Waals surface area contributed by atoms with Gasteiger partial charge in [-0.15, -0.1) is 10.2 Å². The van der Waals surface area contributed by atoms with Crippen LogP contribution in [0.5, 0.6) is 0 Å². The van der Waals surface area contributed by atoms with Crippen LogP contribution in [-0.4, -0.2) is 28.4 Å². The molecule has 0 saturated carbocycles. The van der Waals surface area contributed by atoms with Gasteiger partial charge in [0, 0.05) is 12.7 Å². The van der Waals surface area contributed by atoms with E-state index in [2.05, 4.69) is 39.9 Å². The van der Waals surface area contributed by atoms with Gasteiger partial charge < -0.3 is 10.6 Å². The lowest BCUT2D eigenvalue weighted by atomic mass is 10.1. The standard InChI is InChI=1S/C15H20N4OS2/c1-8-6-9(2)12(10(3)7-8)17-13(20)11(4)21-15-19-18-14(16-5)22-15/h6-7,11H,1-5H3,(H,16,18)(H,17,20)/t11-/m0/s1. The molecule has 5 nitrogen and oxygen atoms in total. The number of thioether (sulfide) groups is 1. The van der Waals surface area contributed by atoms with Crippen molar-refractivity contribution < 1.29 is 4.79 Å². The van der Waals surface area contributed by atoms with Crippen LogP contribution < -0.4 is 10.6 Å². The van der Waals surface area contributed by atoms with E-state index >= 15 is 0 Å². The number of nitrogens with one attached hydrogen (secondary N) is 2. The number of carbonyl (C=O) groups is 1. The number of benzene rings is 1. The number of amides is 1. The molecule has 0 bridgehead atoms. The SMILES string of the molecule is CNc1nnc(S[C@@H](C)C(=O)Nc2c(C)cc(C)cc2C)s1. The number of nitrogens with zero attached hydrogens (tertiary/aromatic N) is 2. The molecule has 2 rings (SSSR count). The van der Waals surface area contributed by atoms with E-state index in [0.29, 0.717) is 0 Å². The van der Waals surface area contributed by atoms with E-state index in [1.165, 1.54) is 28.7 Å². The third-order valence-corrected chi connectivity index (χ3v) is 5.32. The molecule has 1 aromatic carbocycles. The maximum Gasteiger partial charge on any atom is 0.237 e. The normalized spacial score (nSPS) is 12.0. The molecule has 2 aromatic rings. The molecule has 1 heterocycles. The molecule has 118 valence electrons. The summed E-state index contributed by atoms with van der Waals surface area (Å²) in [6.07, 6.45) is 0. The minimum atomic E-state index is -0.238. The zero-order valence-electron chi connectivity index (χ0n) is 13.4. The Balaban J connectivity index is 2.05. The quantitative estimate of drug-likeness (QED) is 0.816. The molecule has 7 heteroatoms. The molecule has 2 N–H and O–H groups in total. The second-order valence-electron chi connectivity index (χ2n) is 5.15. The second kappa shape index (κ2) is 7.11. The highest BCUT2D eigenvalue weighted by Gasteiger charge is 2.18. The lowest BCUT2D eigenvalue weighted by Gasteiger charge is -2.15. The van der Waals surface area contributed by atoms with Gasteiger partial charge in [-0.2, -0.15) is 0 Å². The van der Waals surface area contributed by atoms with Gasteiger partial charge >= 0.3 is 0 Å². The van der Waals surface area contributed by atoms with Crippen LogP contribution in [-0.2, 0) is 4.79 Å². The zero-order chi connectivity index (χ0) is 16.3. The van der Waals surface area contributed by atoms with Crippen LogP contribution >= 0.6 is 23.1 Å². The van der Waals surface area contributed by atoms with Crippen molar-refractivity contribution in [2.75, 3.05) is 17.7 Å². The third kappa shape index (κ3) is 3.98. The Morgan fingerprint density at radius 1 is 1.23 bits per heavy atom. The van der Waals surface area contributed by atoms with Gasteiger partial charge in [0.25, 0.3) is 0 Å². The summed E-state index contributed by atoms with van der Waals surface area (Å²) < 4.78 is 0.782. The molecule has 0 spiro atoms. The number of anilines is 2. The number of rotatable bonds is 5. The lowest BCUT2D eigenvalue weighted by molar-refractivity contribution is -0.115. The summed E-state index contributed by atoms with van der Waals surface area (Å²) in [6.45, 7) is 7.95. The average molecular weight is 336 g/mol. The fraction of sp³-hybridized carbons (Fsp3) is 0.400. The van der Waals surface area contributed by atoms with E-state index in [9.17, 15) is 4.79 Å². The molecule has 0 saturated heterocycles. The molecule has 0 aliphatic rings. The molecule has 0 radical (unpaired) electrons. The molecule has 0 aliphatic carbocycles. The predicted molar refractivity (Wildman–Crippen MR) is 94.1 cm³/mol. The molecule has 1 amide bonds. The van der Waals surface area contributed by atoms with Crippen molar-refractivity contribution in [3.63, 3.8) is 0 Å². The molecule has 0 aliphatic heterocycles. The molecular weight excluding hydrogens is 316 g/mol. The average Bonchev–Trinajstić information content (AvgIpc) is 2.90. The van der Waals surface area contributed by atoms with E-state index in [1.807, 2.05) is 20.8 Å². The monoisotopic (exact) mass is 336 g/mol. The summed E-state index contributed by atoms with van der Waals surface area (Å²) in [4.78, 5) is 12.4. The largest absolute Gasteiger partial charge is 0.363 e. The first-order chi connectivity index (χ1) is 10.4. The molecule has 22 heavy (non-hydrogen) atoms. The summed E-state index contributed by atoms with van der Waals surface area (Å²) in [7, 11) is 1.80. The topological polar surface area (TPSA) is 66.9 Å². The second-order valence-corrected chi connectivity index (χ2v) is 7.71. The van der Waals surface area contributed by atoms with E-state index in [0.717, 1.165) is 26.3 Å². The predicted octanol–water partition coefficient (Wildman–Crippen LogP) is 3.62. The number of carbonyl (C=O) groups excluding carboxylic acids is 1. The Hall–Kier alpha value is -1.60. The van der Waals surface area contributed by atoms with Gasteiger partial charge in [0.05, 0.1) is 5.25 Å². The van der Waals surface area contributed by atoms with Crippen molar-refractivity contribution in [2.24, 2.45) is 0 Å². The van der Waals surface area contributed by atoms with Crippen LogP contribution in [0, 0.1) is 20.8 Å². The highest BCUT2D eigenvalue weighted by Crippen LogP contribution is 2.30. The Bertz CT molecular complexity index is 661. The smallest absolute Gasteiger partial charge is 0.237 e. The van der Waals surface area contributed by atoms with Crippen LogP contribution in [0.4, 0.5) is 10.8 Å². The van der Waals surface area contributed by atoms with Crippen LogP contribution in [0.3, 0.4) is 0 Å². The van der Waals surface area contributed by atoms with Crippen molar-refractivity contribution in [1.82, 2.24) is 10.2 Å². The van der Waals surface area contributed by atoms with Crippen LogP contribution in [0.1, 0.15) is 23.6 Å². The highest BCUT2D eigenvalue weighted by atomic mass is 32.2. The van der Waals surface area contributed by atoms with Crippen LogP contribution in [0.15, 0.2) is 16.5 Å². The van der Waals surface area contributed by atoms with Gasteiger partial charge in [0.15, 0.2) is 4.34 Å².